The van der Waals surface area contributed by atoms with Crippen molar-refractivity contribution in [3.8, 4) is 0 Å². The summed E-state index contributed by atoms with van der Waals surface area (Å²) in [6, 6.07) is 13.0. The molecule has 2 aromatic carbocycles. The number of halogens is 1. The number of aliphatic hydroxyl groups is 1. The number of ketones is 2. The van der Waals surface area contributed by atoms with Gasteiger partial charge in [-0.05, 0) is 48.5 Å². The SMILES string of the molecule is CN1CCN(c2ccc(Cl)c(C(=O)/C=C/c3ccc(/C=C/C(=O)CO)cc3)c2)CC1. The Labute approximate surface area is 181 Å². The summed E-state index contributed by atoms with van der Waals surface area (Å²) in [5, 5.41) is 9.18. The molecule has 2 aromatic rings. The molecule has 0 spiro atoms. The van der Waals surface area contributed by atoms with Crippen LogP contribution in [-0.2, 0) is 4.79 Å². The largest absolute Gasteiger partial charge is 0.388 e. The number of hydrogen-bond donors (Lipinski definition) is 1. The van der Waals surface area contributed by atoms with E-state index in [9.17, 15) is 9.59 Å². The Hall–Kier alpha value is -2.73. The Kier molecular flexibility index (Phi) is 7.57. The van der Waals surface area contributed by atoms with E-state index >= 15 is 0 Å². The van der Waals surface area contributed by atoms with Crippen LogP contribution in [0.2, 0.25) is 5.02 Å². The second-order valence-corrected chi connectivity index (χ2v) is 7.68. The number of allylic oxidation sites excluding steroid dienone is 1. The van der Waals surface area contributed by atoms with Crippen molar-refractivity contribution in [1.29, 1.82) is 0 Å². The van der Waals surface area contributed by atoms with Gasteiger partial charge in [0.15, 0.2) is 11.6 Å². The van der Waals surface area contributed by atoms with Gasteiger partial charge in [0.25, 0.3) is 0 Å². The summed E-state index contributed by atoms with van der Waals surface area (Å²) in [6.45, 7) is 3.33. The lowest BCUT2D eigenvalue weighted by Gasteiger charge is -2.34. The zero-order chi connectivity index (χ0) is 21.5. The minimum atomic E-state index is -0.502. The van der Waals surface area contributed by atoms with E-state index in [1.807, 2.05) is 36.4 Å². The van der Waals surface area contributed by atoms with Crippen LogP contribution >= 0.6 is 11.6 Å². The summed E-state index contributed by atoms with van der Waals surface area (Å²) in [5.74, 6) is -0.492. The fourth-order valence-corrected chi connectivity index (χ4v) is 3.40. The molecule has 0 bridgehead atoms. The first kappa shape index (κ1) is 22.0. The van der Waals surface area contributed by atoms with Crippen molar-refractivity contribution < 1.29 is 14.7 Å². The molecule has 0 atom stereocenters. The van der Waals surface area contributed by atoms with E-state index in [4.69, 9.17) is 16.7 Å². The van der Waals surface area contributed by atoms with E-state index in [0.29, 0.717) is 10.6 Å². The third-order valence-corrected chi connectivity index (χ3v) is 5.39. The summed E-state index contributed by atoms with van der Waals surface area (Å²) < 4.78 is 0. The molecule has 0 saturated carbocycles. The van der Waals surface area contributed by atoms with Crippen LogP contribution < -0.4 is 4.90 Å². The van der Waals surface area contributed by atoms with Crippen LogP contribution in [0, 0.1) is 0 Å². The topological polar surface area (TPSA) is 60.9 Å². The zero-order valence-corrected chi connectivity index (χ0v) is 17.7. The summed E-state index contributed by atoms with van der Waals surface area (Å²) in [5.41, 5.74) is 3.20. The molecule has 1 N–H and O–H groups in total. The first-order valence-electron chi connectivity index (χ1n) is 9.83. The van der Waals surface area contributed by atoms with Crippen molar-refractivity contribution in [2.24, 2.45) is 0 Å². The number of hydrogen-bond acceptors (Lipinski definition) is 5. The van der Waals surface area contributed by atoms with E-state index in [1.54, 1.807) is 18.2 Å². The number of nitrogens with zero attached hydrogens (tertiary/aromatic N) is 2. The second-order valence-electron chi connectivity index (χ2n) is 7.28. The average Bonchev–Trinajstić information content (AvgIpc) is 2.77. The molecule has 3 rings (SSSR count). The van der Waals surface area contributed by atoms with Gasteiger partial charge in [0.1, 0.15) is 6.61 Å². The predicted molar refractivity (Wildman–Crippen MR) is 122 cm³/mol. The lowest BCUT2D eigenvalue weighted by Crippen LogP contribution is -2.44. The van der Waals surface area contributed by atoms with Gasteiger partial charge in [-0.15, -0.1) is 0 Å². The summed E-state index contributed by atoms with van der Waals surface area (Å²) in [6.07, 6.45) is 6.24. The summed E-state index contributed by atoms with van der Waals surface area (Å²) in [4.78, 5) is 28.4. The maximum Gasteiger partial charge on any atom is 0.187 e. The Morgan fingerprint density at radius 2 is 1.57 bits per heavy atom. The number of carbonyl (C=O) groups excluding carboxylic acids is 2. The van der Waals surface area contributed by atoms with Gasteiger partial charge in [0.2, 0.25) is 0 Å². The number of carbonyl (C=O) groups is 2. The quantitative estimate of drug-likeness (QED) is 0.544. The molecule has 1 aliphatic heterocycles. The lowest BCUT2D eigenvalue weighted by atomic mass is 10.1. The Bertz CT molecular complexity index is 959. The van der Waals surface area contributed by atoms with Crippen molar-refractivity contribution >= 4 is 41.0 Å². The zero-order valence-electron chi connectivity index (χ0n) is 16.9. The van der Waals surface area contributed by atoms with Gasteiger partial charge in [-0.2, -0.15) is 0 Å². The molecule has 0 unspecified atom stereocenters. The molecule has 156 valence electrons. The van der Waals surface area contributed by atoms with Gasteiger partial charge in [0, 0.05) is 37.4 Å². The number of likely N-dealkylation sites (N-methyl/N-ethyl adjacent to an activating group) is 1. The molecule has 0 radical (unpaired) electrons. The smallest absolute Gasteiger partial charge is 0.187 e. The number of rotatable bonds is 7. The molecule has 0 amide bonds. The Balaban J connectivity index is 1.69. The van der Waals surface area contributed by atoms with Crippen molar-refractivity contribution in [3.05, 3.63) is 76.3 Å². The van der Waals surface area contributed by atoms with Crippen LogP contribution in [0.25, 0.3) is 12.2 Å². The van der Waals surface area contributed by atoms with E-state index < -0.39 is 6.61 Å². The van der Waals surface area contributed by atoms with E-state index in [-0.39, 0.29) is 11.6 Å². The molecule has 1 heterocycles. The number of anilines is 1. The number of piperazine rings is 1. The fraction of sp³-hybridized carbons (Fsp3) is 0.250. The molecule has 5 nitrogen and oxygen atoms in total. The lowest BCUT2D eigenvalue weighted by molar-refractivity contribution is -0.117. The third-order valence-electron chi connectivity index (χ3n) is 5.06. The number of aliphatic hydroxyl groups excluding tert-OH is 1. The maximum atomic E-state index is 12.7. The fourth-order valence-electron chi connectivity index (χ4n) is 3.19. The van der Waals surface area contributed by atoms with Gasteiger partial charge in [0.05, 0.1) is 5.02 Å². The van der Waals surface area contributed by atoms with Crippen molar-refractivity contribution in [3.63, 3.8) is 0 Å². The normalized spacial score (nSPS) is 15.2. The maximum absolute atomic E-state index is 12.7. The van der Waals surface area contributed by atoms with Gasteiger partial charge < -0.3 is 14.9 Å². The Morgan fingerprint density at radius 1 is 0.967 bits per heavy atom. The van der Waals surface area contributed by atoms with E-state index in [0.717, 1.165) is 43.0 Å². The van der Waals surface area contributed by atoms with Crippen molar-refractivity contribution in [2.45, 2.75) is 0 Å². The second kappa shape index (κ2) is 10.3. The van der Waals surface area contributed by atoms with E-state index in [2.05, 4.69) is 16.8 Å². The highest BCUT2D eigenvalue weighted by Crippen LogP contribution is 2.25. The molecule has 0 aliphatic carbocycles. The standard InChI is InChI=1S/C24H25ClN2O3/c1-26-12-14-27(15-13-26)20-8-10-23(25)22(16-20)24(30)11-7-19-4-2-18(3-5-19)6-9-21(29)17-28/h2-11,16,28H,12-15,17H2,1H3/b9-6+,11-7+. The molecule has 0 aromatic heterocycles. The predicted octanol–water partition coefficient (Wildman–Crippen LogP) is 3.56. The van der Waals surface area contributed by atoms with Crippen LogP contribution in [0.3, 0.4) is 0 Å². The number of benzene rings is 2. The first-order chi connectivity index (χ1) is 14.5. The average molecular weight is 425 g/mol. The highest BCUT2D eigenvalue weighted by atomic mass is 35.5. The molecule has 6 heteroatoms. The van der Waals surface area contributed by atoms with Gasteiger partial charge >= 0.3 is 0 Å². The molecule has 1 saturated heterocycles. The van der Waals surface area contributed by atoms with Crippen LogP contribution in [0.5, 0.6) is 0 Å². The molecular weight excluding hydrogens is 400 g/mol. The summed E-state index contributed by atoms with van der Waals surface area (Å²) >= 11 is 6.29. The van der Waals surface area contributed by atoms with E-state index in [1.165, 1.54) is 12.2 Å². The highest BCUT2D eigenvalue weighted by molar-refractivity contribution is 6.34. The molecular formula is C24H25ClN2O3. The molecule has 30 heavy (non-hydrogen) atoms. The van der Waals surface area contributed by atoms with Gasteiger partial charge in [-0.1, -0.05) is 48.0 Å². The van der Waals surface area contributed by atoms with Crippen LogP contribution in [0.4, 0.5) is 5.69 Å². The minimum absolute atomic E-state index is 0.145. The van der Waals surface area contributed by atoms with Gasteiger partial charge in [-0.3, -0.25) is 9.59 Å². The molecule has 1 aliphatic rings. The van der Waals surface area contributed by atoms with Crippen molar-refractivity contribution in [1.82, 2.24) is 4.90 Å². The van der Waals surface area contributed by atoms with Crippen LogP contribution in [0.15, 0.2) is 54.6 Å². The summed E-state index contributed by atoms with van der Waals surface area (Å²) in [7, 11) is 2.11. The third kappa shape index (κ3) is 5.89. The first-order valence-corrected chi connectivity index (χ1v) is 10.2. The van der Waals surface area contributed by atoms with Crippen molar-refractivity contribution in [2.75, 3.05) is 44.7 Å². The minimum Gasteiger partial charge on any atom is -0.388 e. The highest BCUT2D eigenvalue weighted by Gasteiger charge is 2.16. The Morgan fingerprint density at radius 3 is 2.17 bits per heavy atom. The van der Waals surface area contributed by atoms with Crippen LogP contribution in [0.1, 0.15) is 21.5 Å². The monoisotopic (exact) mass is 424 g/mol. The molecule has 1 fully saturated rings. The van der Waals surface area contributed by atoms with Gasteiger partial charge in [-0.25, -0.2) is 0 Å². The van der Waals surface area contributed by atoms with Crippen LogP contribution in [-0.4, -0.2) is 61.4 Å².